The minimum Gasteiger partial charge on any atom is -0.478 e. The van der Waals surface area contributed by atoms with Crippen molar-refractivity contribution >= 4 is 11.9 Å². The number of carboxylic acid groups (broad SMARTS) is 1. The Kier molecular flexibility index (Phi) is 6.20. The average molecular weight is 285 g/mol. The number of amides is 1. The third-order valence-electron chi connectivity index (χ3n) is 2.79. The van der Waals surface area contributed by atoms with Gasteiger partial charge in [0.2, 0.25) is 0 Å². The fourth-order valence-corrected chi connectivity index (χ4v) is 1.74. The van der Waals surface area contributed by atoms with Gasteiger partial charge in [-0.1, -0.05) is 0 Å². The number of hydrogen-bond donors (Lipinski definition) is 1. The highest BCUT2D eigenvalue weighted by Gasteiger charge is 2.24. The molecule has 0 saturated heterocycles. The number of ether oxygens (including phenoxy) is 2. The second-order valence-corrected chi connectivity index (χ2v) is 4.30. The van der Waals surface area contributed by atoms with Gasteiger partial charge in [0.05, 0.1) is 24.8 Å². The van der Waals surface area contributed by atoms with Crippen molar-refractivity contribution in [3.63, 3.8) is 0 Å². The van der Waals surface area contributed by atoms with E-state index in [1.807, 2.05) is 6.92 Å². The van der Waals surface area contributed by atoms with E-state index in [1.54, 1.807) is 14.2 Å². The smallest absolute Gasteiger partial charge is 0.338 e. The molecule has 0 saturated carbocycles. The third-order valence-corrected chi connectivity index (χ3v) is 2.79. The van der Waals surface area contributed by atoms with Crippen molar-refractivity contribution in [2.45, 2.75) is 13.0 Å². The van der Waals surface area contributed by atoms with Crippen molar-refractivity contribution in [2.75, 3.05) is 34.0 Å². The molecule has 1 atom stereocenters. The molecule has 0 bridgehead atoms. The van der Waals surface area contributed by atoms with Crippen LogP contribution in [0.1, 0.15) is 27.8 Å². The molecule has 1 amide bonds. The Hall–Kier alpha value is -1.86. The molecule has 1 aromatic heterocycles. The molecule has 112 valence electrons. The highest BCUT2D eigenvalue weighted by molar-refractivity contribution is 5.95. The summed E-state index contributed by atoms with van der Waals surface area (Å²) in [6, 6.07) is 1.03. The van der Waals surface area contributed by atoms with E-state index in [0.717, 1.165) is 6.26 Å². The summed E-state index contributed by atoms with van der Waals surface area (Å²) in [5, 5.41) is 8.83. The van der Waals surface area contributed by atoms with Crippen molar-refractivity contribution in [1.82, 2.24) is 4.90 Å². The molecule has 0 aromatic carbocycles. The zero-order chi connectivity index (χ0) is 15.1. The van der Waals surface area contributed by atoms with Crippen LogP contribution in [-0.4, -0.2) is 61.9 Å². The second kappa shape index (κ2) is 7.66. The lowest BCUT2D eigenvalue weighted by atomic mass is 10.2. The summed E-state index contributed by atoms with van der Waals surface area (Å²) in [7, 11) is 3.09. The van der Waals surface area contributed by atoms with Gasteiger partial charge in [0.15, 0.2) is 5.76 Å². The number of methoxy groups -OCH3 is 2. The van der Waals surface area contributed by atoms with Crippen LogP contribution in [0.25, 0.3) is 0 Å². The van der Waals surface area contributed by atoms with Crippen LogP contribution in [0.15, 0.2) is 16.7 Å². The van der Waals surface area contributed by atoms with Gasteiger partial charge in [-0.25, -0.2) is 4.79 Å². The van der Waals surface area contributed by atoms with Crippen LogP contribution >= 0.6 is 0 Å². The molecular formula is C13H19NO6. The van der Waals surface area contributed by atoms with E-state index in [-0.39, 0.29) is 23.3 Å². The summed E-state index contributed by atoms with van der Waals surface area (Å²) in [4.78, 5) is 24.6. The maximum atomic E-state index is 12.3. The van der Waals surface area contributed by atoms with Crippen LogP contribution in [0.4, 0.5) is 0 Å². The summed E-state index contributed by atoms with van der Waals surface area (Å²) < 4.78 is 15.0. The van der Waals surface area contributed by atoms with E-state index in [1.165, 1.54) is 11.0 Å². The fourth-order valence-electron chi connectivity index (χ4n) is 1.74. The van der Waals surface area contributed by atoms with Crippen LogP contribution in [0.3, 0.4) is 0 Å². The molecule has 7 heteroatoms. The monoisotopic (exact) mass is 285 g/mol. The topological polar surface area (TPSA) is 89.2 Å². The van der Waals surface area contributed by atoms with Gasteiger partial charge in [-0.15, -0.1) is 0 Å². The molecule has 0 spiro atoms. The van der Waals surface area contributed by atoms with Gasteiger partial charge in [-0.3, -0.25) is 4.79 Å². The summed E-state index contributed by atoms with van der Waals surface area (Å²) in [6.45, 7) is 2.93. The molecule has 1 aromatic rings. The fraction of sp³-hybridized carbons (Fsp3) is 0.538. The van der Waals surface area contributed by atoms with Crippen LogP contribution in [-0.2, 0) is 9.47 Å². The normalized spacial score (nSPS) is 12.2. The van der Waals surface area contributed by atoms with E-state index >= 15 is 0 Å². The third kappa shape index (κ3) is 4.07. The molecule has 20 heavy (non-hydrogen) atoms. The quantitative estimate of drug-likeness (QED) is 0.769. The molecule has 0 aliphatic carbocycles. The van der Waals surface area contributed by atoms with Gasteiger partial charge in [0, 0.05) is 26.8 Å². The molecular weight excluding hydrogens is 266 g/mol. The first kappa shape index (κ1) is 16.2. The van der Waals surface area contributed by atoms with Crippen LogP contribution < -0.4 is 0 Å². The maximum absolute atomic E-state index is 12.3. The van der Waals surface area contributed by atoms with Gasteiger partial charge in [0.25, 0.3) is 5.91 Å². The van der Waals surface area contributed by atoms with Gasteiger partial charge in [-0.05, 0) is 6.92 Å². The number of furan rings is 1. The number of hydrogen-bond acceptors (Lipinski definition) is 5. The first-order chi connectivity index (χ1) is 9.51. The molecule has 0 radical (unpaired) electrons. The summed E-state index contributed by atoms with van der Waals surface area (Å²) in [5.41, 5.74) is -0.0561. The molecule has 0 aliphatic rings. The number of carbonyl (C=O) groups is 2. The van der Waals surface area contributed by atoms with Crippen molar-refractivity contribution in [2.24, 2.45) is 0 Å². The first-order valence-corrected chi connectivity index (χ1v) is 6.12. The highest BCUT2D eigenvalue weighted by Crippen LogP contribution is 2.13. The maximum Gasteiger partial charge on any atom is 0.338 e. The summed E-state index contributed by atoms with van der Waals surface area (Å²) >= 11 is 0. The number of carbonyl (C=O) groups excluding carboxylic acids is 1. The minimum atomic E-state index is -1.14. The van der Waals surface area contributed by atoms with Crippen molar-refractivity contribution in [1.29, 1.82) is 0 Å². The molecule has 1 unspecified atom stereocenters. The Balaban J connectivity index is 2.87. The lowest BCUT2D eigenvalue weighted by Gasteiger charge is -2.27. The standard InChI is InChI=1S/C13H19NO6/c1-9(7-19-3)14(4-5-18-2)12(15)11-6-10(8-20-11)13(16)17/h6,8-9H,4-5,7H2,1-3H3,(H,16,17). The van der Waals surface area contributed by atoms with Crippen LogP contribution in [0, 0.1) is 0 Å². The van der Waals surface area contributed by atoms with E-state index in [4.69, 9.17) is 19.0 Å². The Morgan fingerprint density at radius 3 is 2.60 bits per heavy atom. The Morgan fingerprint density at radius 2 is 2.10 bits per heavy atom. The molecule has 1 N–H and O–H groups in total. The number of carboxylic acids is 1. The number of rotatable bonds is 8. The van der Waals surface area contributed by atoms with Gasteiger partial charge >= 0.3 is 5.97 Å². The Bertz CT molecular complexity index is 455. The lowest BCUT2D eigenvalue weighted by Crippen LogP contribution is -2.42. The Labute approximate surface area is 117 Å². The number of aromatic carboxylic acids is 1. The lowest BCUT2D eigenvalue weighted by molar-refractivity contribution is 0.0452. The SMILES string of the molecule is COCCN(C(=O)c1cc(C(=O)O)co1)C(C)COC. The predicted octanol–water partition coefficient (Wildman–Crippen LogP) is 1.10. The Morgan fingerprint density at radius 1 is 1.40 bits per heavy atom. The summed E-state index contributed by atoms with van der Waals surface area (Å²) in [6.07, 6.45) is 1.05. The van der Waals surface area contributed by atoms with Crippen LogP contribution in [0.2, 0.25) is 0 Å². The van der Waals surface area contributed by atoms with Crippen molar-refractivity contribution in [3.8, 4) is 0 Å². The zero-order valence-corrected chi connectivity index (χ0v) is 11.8. The van der Waals surface area contributed by atoms with Gasteiger partial charge in [0.1, 0.15) is 6.26 Å². The van der Waals surface area contributed by atoms with Gasteiger partial charge in [-0.2, -0.15) is 0 Å². The van der Waals surface area contributed by atoms with Crippen molar-refractivity contribution in [3.05, 3.63) is 23.7 Å². The van der Waals surface area contributed by atoms with E-state index in [2.05, 4.69) is 0 Å². The molecule has 7 nitrogen and oxygen atoms in total. The van der Waals surface area contributed by atoms with Gasteiger partial charge < -0.3 is 23.9 Å². The molecule has 1 heterocycles. The van der Waals surface area contributed by atoms with E-state index in [9.17, 15) is 9.59 Å². The molecule has 1 rings (SSSR count). The van der Waals surface area contributed by atoms with E-state index < -0.39 is 5.97 Å². The predicted molar refractivity (Wildman–Crippen MR) is 69.9 cm³/mol. The van der Waals surface area contributed by atoms with Crippen molar-refractivity contribution < 1.29 is 28.6 Å². The minimum absolute atomic E-state index is 0.0125. The second-order valence-electron chi connectivity index (χ2n) is 4.30. The van der Waals surface area contributed by atoms with Crippen LogP contribution in [0.5, 0.6) is 0 Å². The largest absolute Gasteiger partial charge is 0.478 e. The van der Waals surface area contributed by atoms with E-state index in [0.29, 0.717) is 19.8 Å². The number of nitrogens with zero attached hydrogens (tertiary/aromatic N) is 1. The summed E-state index contributed by atoms with van der Waals surface area (Å²) in [5.74, 6) is -1.54. The molecule has 0 aliphatic heterocycles. The first-order valence-electron chi connectivity index (χ1n) is 6.12. The zero-order valence-electron chi connectivity index (χ0n) is 11.8. The average Bonchev–Trinajstić information content (AvgIpc) is 2.89. The highest BCUT2D eigenvalue weighted by atomic mass is 16.5. The molecule has 0 fully saturated rings.